The van der Waals surface area contributed by atoms with Crippen LogP contribution in [0.15, 0.2) is 6.07 Å². The van der Waals surface area contributed by atoms with Crippen LogP contribution in [0.2, 0.25) is 0 Å². The molecule has 1 saturated heterocycles. The van der Waals surface area contributed by atoms with Gasteiger partial charge >= 0.3 is 0 Å². The summed E-state index contributed by atoms with van der Waals surface area (Å²) in [5.41, 5.74) is 7.41. The van der Waals surface area contributed by atoms with E-state index in [1.807, 2.05) is 18.0 Å². The topological polar surface area (TPSA) is 64.2 Å². The molecule has 1 amide bonds. The Balaban J connectivity index is 2.20. The number of nitrogens with zero attached hydrogens (tertiary/aromatic N) is 3. The highest BCUT2D eigenvalue weighted by molar-refractivity contribution is 5.92. The lowest BCUT2D eigenvalue weighted by molar-refractivity contribution is 0.0616. The third-order valence-electron chi connectivity index (χ3n) is 3.89. The molecule has 5 nitrogen and oxygen atoms in total. The van der Waals surface area contributed by atoms with Crippen LogP contribution in [0.5, 0.6) is 0 Å². The Kier molecular flexibility index (Phi) is 4.24. The molecule has 2 heterocycles. The monoisotopic (exact) mass is 264 g/mol. The molecule has 0 saturated carbocycles. The third kappa shape index (κ3) is 2.81. The van der Waals surface area contributed by atoms with Gasteiger partial charge in [0.25, 0.3) is 5.91 Å². The fourth-order valence-corrected chi connectivity index (χ4v) is 2.79. The normalized spacial score (nSPS) is 20.1. The van der Waals surface area contributed by atoms with Gasteiger partial charge in [-0.15, -0.1) is 0 Å². The zero-order chi connectivity index (χ0) is 14.0. The van der Waals surface area contributed by atoms with E-state index in [1.165, 1.54) is 0 Å². The zero-order valence-corrected chi connectivity index (χ0v) is 12.1. The quantitative estimate of drug-likeness (QED) is 0.899. The predicted molar refractivity (Wildman–Crippen MR) is 75.0 cm³/mol. The van der Waals surface area contributed by atoms with Crippen LogP contribution in [0.3, 0.4) is 0 Å². The second-order valence-corrected chi connectivity index (χ2v) is 5.62. The molecule has 106 valence electrons. The molecule has 1 atom stereocenters. The molecule has 0 bridgehead atoms. The molecule has 0 aliphatic carbocycles. The first-order chi connectivity index (χ1) is 9.04. The van der Waals surface area contributed by atoms with Gasteiger partial charge in [0, 0.05) is 31.9 Å². The summed E-state index contributed by atoms with van der Waals surface area (Å²) in [4.78, 5) is 14.5. The number of hydrogen-bond acceptors (Lipinski definition) is 3. The molecule has 1 aromatic heterocycles. The molecule has 0 radical (unpaired) electrons. The van der Waals surface area contributed by atoms with E-state index in [-0.39, 0.29) is 11.9 Å². The summed E-state index contributed by atoms with van der Waals surface area (Å²) in [6, 6.07) is 2.08. The summed E-state index contributed by atoms with van der Waals surface area (Å²) in [6.07, 6.45) is 3.23. The zero-order valence-electron chi connectivity index (χ0n) is 12.1. The highest BCUT2D eigenvalue weighted by Gasteiger charge is 2.28. The second-order valence-electron chi connectivity index (χ2n) is 5.62. The van der Waals surface area contributed by atoms with E-state index in [0.717, 1.165) is 31.5 Å². The molecule has 2 rings (SSSR count). The first-order valence-electron chi connectivity index (χ1n) is 7.09. The molecule has 2 N–H and O–H groups in total. The molecule has 19 heavy (non-hydrogen) atoms. The van der Waals surface area contributed by atoms with Gasteiger partial charge < -0.3 is 10.6 Å². The SMILES string of the molecule is CC(C)c1cc(C(=O)N2CCCCC2CN)nn1C. The molecular weight excluding hydrogens is 240 g/mol. The van der Waals surface area contributed by atoms with Crippen LogP contribution >= 0.6 is 0 Å². The first kappa shape index (κ1) is 14.1. The van der Waals surface area contributed by atoms with Gasteiger partial charge in [-0.3, -0.25) is 9.48 Å². The van der Waals surface area contributed by atoms with E-state index in [9.17, 15) is 4.79 Å². The van der Waals surface area contributed by atoms with Crippen molar-refractivity contribution in [3.05, 3.63) is 17.5 Å². The number of nitrogens with two attached hydrogens (primary N) is 1. The van der Waals surface area contributed by atoms with Crippen molar-refractivity contribution in [2.75, 3.05) is 13.1 Å². The Morgan fingerprint density at radius 2 is 2.26 bits per heavy atom. The maximum atomic E-state index is 12.6. The van der Waals surface area contributed by atoms with Crippen LogP contribution in [0.25, 0.3) is 0 Å². The fourth-order valence-electron chi connectivity index (χ4n) is 2.79. The molecule has 0 spiro atoms. The average molecular weight is 264 g/mol. The lowest BCUT2D eigenvalue weighted by Gasteiger charge is -2.34. The Labute approximate surface area is 114 Å². The van der Waals surface area contributed by atoms with Crippen LogP contribution in [0.1, 0.15) is 55.2 Å². The second kappa shape index (κ2) is 5.74. The number of carbonyl (C=O) groups is 1. The van der Waals surface area contributed by atoms with Gasteiger partial charge in [0.05, 0.1) is 0 Å². The van der Waals surface area contributed by atoms with Crippen molar-refractivity contribution < 1.29 is 4.79 Å². The molecule has 1 fully saturated rings. The summed E-state index contributed by atoms with van der Waals surface area (Å²) in [5, 5.41) is 4.36. The smallest absolute Gasteiger partial charge is 0.274 e. The van der Waals surface area contributed by atoms with Gasteiger partial charge in [-0.1, -0.05) is 13.8 Å². The molecule has 5 heteroatoms. The molecular formula is C14H24N4O. The van der Waals surface area contributed by atoms with Crippen molar-refractivity contribution in [2.45, 2.75) is 45.1 Å². The Hall–Kier alpha value is -1.36. The van der Waals surface area contributed by atoms with Gasteiger partial charge in [-0.25, -0.2) is 0 Å². The minimum atomic E-state index is 0.0256. The predicted octanol–water partition coefficient (Wildman–Crippen LogP) is 1.50. The number of likely N-dealkylation sites (tertiary alicyclic amines) is 1. The van der Waals surface area contributed by atoms with Crippen LogP contribution in [0, 0.1) is 0 Å². The molecule has 1 aliphatic heterocycles. The summed E-state index contributed by atoms with van der Waals surface area (Å²) in [6.45, 7) is 5.55. The lowest BCUT2D eigenvalue weighted by Crippen LogP contribution is -2.47. The molecule has 1 unspecified atom stereocenters. The van der Waals surface area contributed by atoms with Crippen molar-refractivity contribution in [3.63, 3.8) is 0 Å². The highest BCUT2D eigenvalue weighted by Crippen LogP contribution is 2.20. The van der Waals surface area contributed by atoms with E-state index in [0.29, 0.717) is 18.2 Å². The average Bonchev–Trinajstić information content (AvgIpc) is 2.80. The van der Waals surface area contributed by atoms with E-state index in [4.69, 9.17) is 5.73 Å². The number of hydrogen-bond donors (Lipinski definition) is 1. The fraction of sp³-hybridized carbons (Fsp3) is 0.714. The van der Waals surface area contributed by atoms with Gasteiger partial charge in [-0.05, 0) is 31.2 Å². The van der Waals surface area contributed by atoms with Crippen LogP contribution < -0.4 is 5.73 Å². The molecule has 0 aromatic carbocycles. The van der Waals surface area contributed by atoms with Gasteiger partial charge in [-0.2, -0.15) is 5.10 Å². The van der Waals surface area contributed by atoms with E-state index < -0.39 is 0 Å². The largest absolute Gasteiger partial charge is 0.333 e. The minimum absolute atomic E-state index is 0.0256. The Morgan fingerprint density at radius 3 is 2.84 bits per heavy atom. The number of amides is 1. The third-order valence-corrected chi connectivity index (χ3v) is 3.89. The molecule has 1 aliphatic rings. The van der Waals surface area contributed by atoms with E-state index in [2.05, 4.69) is 18.9 Å². The summed E-state index contributed by atoms with van der Waals surface area (Å²) in [7, 11) is 1.89. The number of aromatic nitrogens is 2. The molecule has 1 aromatic rings. The van der Waals surface area contributed by atoms with Gasteiger partial charge in [0.1, 0.15) is 0 Å². The number of aryl methyl sites for hydroxylation is 1. The maximum absolute atomic E-state index is 12.6. The Morgan fingerprint density at radius 1 is 1.53 bits per heavy atom. The van der Waals surface area contributed by atoms with E-state index in [1.54, 1.807) is 4.68 Å². The van der Waals surface area contributed by atoms with Crippen molar-refractivity contribution in [1.82, 2.24) is 14.7 Å². The van der Waals surface area contributed by atoms with Gasteiger partial charge in [0.15, 0.2) is 5.69 Å². The highest BCUT2D eigenvalue weighted by atomic mass is 16.2. The Bertz CT molecular complexity index is 452. The van der Waals surface area contributed by atoms with Crippen molar-refractivity contribution in [2.24, 2.45) is 12.8 Å². The van der Waals surface area contributed by atoms with Gasteiger partial charge in [0.2, 0.25) is 0 Å². The summed E-state index contributed by atoms with van der Waals surface area (Å²) >= 11 is 0. The number of piperidine rings is 1. The van der Waals surface area contributed by atoms with Crippen molar-refractivity contribution in [3.8, 4) is 0 Å². The lowest BCUT2D eigenvalue weighted by atomic mass is 10.0. The summed E-state index contributed by atoms with van der Waals surface area (Å²) < 4.78 is 1.80. The standard InChI is InChI=1S/C14H24N4O/c1-10(2)13-8-12(16-17(13)3)14(19)18-7-5-4-6-11(18)9-15/h8,10-11H,4-7,9,15H2,1-3H3. The summed E-state index contributed by atoms with van der Waals surface area (Å²) in [5.74, 6) is 0.392. The maximum Gasteiger partial charge on any atom is 0.274 e. The van der Waals surface area contributed by atoms with Crippen LogP contribution in [0.4, 0.5) is 0 Å². The minimum Gasteiger partial charge on any atom is -0.333 e. The van der Waals surface area contributed by atoms with Crippen LogP contribution in [-0.2, 0) is 7.05 Å². The van der Waals surface area contributed by atoms with Crippen molar-refractivity contribution >= 4 is 5.91 Å². The first-order valence-corrected chi connectivity index (χ1v) is 7.09. The van der Waals surface area contributed by atoms with Crippen LogP contribution in [-0.4, -0.2) is 39.7 Å². The van der Waals surface area contributed by atoms with E-state index >= 15 is 0 Å². The number of carbonyl (C=O) groups excluding carboxylic acids is 1. The van der Waals surface area contributed by atoms with Crippen molar-refractivity contribution in [1.29, 1.82) is 0 Å². The number of rotatable bonds is 3.